The summed E-state index contributed by atoms with van der Waals surface area (Å²) in [6.45, 7) is 13.7. The minimum Gasteiger partial charge on any atom is -0.353 e. The number of likely N-dealkylation sites (tertiary alicyclic amines) is 1. The lowest BCUT2D eigenvalue weighted by Crippen LogP contribution is -2.44. The fourth-order valence-corrected chi connectivity index (χ4v) is 2.05. The number of hydrogen-bond acceptors (Lipinski definition) is 2. The number of nitrogens with one attached hydrogen (secondary N) is 1. The lowest BCUT2D eigenvalue weighted by molar-refractivity contribution is -0.122. The Morgan fingerprint density at radius 2 is 1.82 bits per heavy atom. The van der Waals surface area contributed by atoms with E-state index in [1.165, 1.54) is 0 Å². The minimum absolute atomic E-state index is 0.222. The molecular formula is C14H30N2O. The van der Waals surface area contributed by atoms with E-state index < -0.39 is 0 Å². The molecule has 0 saturated carbocycles. The van der Waals surface area contributed by atoms with Crippen molar-refractivity contribution in [2.24, 2.45) is 5.92 Å². The summed E-state index contributed by atoms with van der Waals surface area (Å²) in [5.41, 5.74) is 0. The predicted molar refractivity (Wildman–Crippen MR) is 74.1 cm³/mol. The Morgan fingerprint density at radius 3 is 2.24 bits per heavy atom. The third kappa shape index (κ3) is 7.37. The van der Waals surface area contributed by atoms with Crippen molar-refractivity contribution in [1.82, 2.24) is 10.2 Å². The van der Waals surface area contributed by atoms with Crippen molar-refractivity contribution in [2.75, 3.05) is 19.6 Å². The molecule has 0 aromatic rings. The van der Waals surface area contributed by atoms with Gasteiger partial charge in [-0.3, -0.25) is 4.79 Å². The first-order valence-electron chi connectivity index (χ1n) is 7.13. The van der Waals surface area contributed by atoms with Gasteiger partial charge in [0.25, 0.3) is 0 Å². The Kier molecular flexibility index (Phi) is 9.14. The molecule has 0 bridgehead atoms. The van der Waals surface area contributed by atoms with Gasteiger partial charge in [-0.1, -0.05) is 34.6 Å². The van der Waals surface area contributed by atoms with Gasteiger partial charge < -0.3 is 10.2 Å². The molecule has 0 aliphatic carbocycles. The summed E-state index contributed by atoms with van der Waals surface area (Å²) >= 11 is 0. The van der Waals surface area contributed by atoms with Gasteiger partial charge in [0.1, 0.15) is 0 Å². The van der Waals surface area contributed by atoms with E-state index in [4.69, 9.17) is 0 Å². The van der Waals surface area contributed by atoms with Crippen LogP contribution >= 0.6 is 0 Å². The summed E-state index contributed by atoms with van der Waals surface area (Å²) in [6, 6.07) is 0.416. The Labute approximate surface area is 107 Å². The van der Waals surface area contributed by atoms with Crippen molar-refractivity contribution in [2.45, 2.75) is 59.9 Å². The van der Waals surface area contributed by atoms with Crippen LogP contribution in [0.3, 0.4) is 0 Å². The molecule has 0 spiro atoms. The fraction of sp³-hybridized carbons (Fsp3) is 0.929. The maximum Gasteiger partial charge on any atom is 0.220 e. The van der Waals surface area contributed by atoms with E-state index in [-0.39, 0.29) is 5.91 Å². The SMILES string of the molecule is CC.CCN1CCC(NC(=O)CC(C)C)CC1. The summed E-state index contributed by atoms with van der Waals surface area (Å²) in [7, 11) is 0. The maximum absolute atomic E-state index is 11.5. The molecule has 1 fully saturated rings. The summed E-state index contributed by atoms with van der Waals surface area (Å²) in [5.74, 6) is 0.681. The first-order valence-corrected chi connectivity index (χ1v) is 7.13. The monoisotopic (exact) mass is 242 g/mol. The third-order valence-corrected chi connectivity index (χ3v) is 2.99. The highest BCUT2D eigenvalue weighted by molar-refractivity contribution is 5.76. The highest BCUT2D eigenvalue weighted by Crippen LogP contribution is 2.10. The number of carbonyl (C=O) groups excluding carboxylic acids is 1. The zero-order valence-corrected chi connectivity index (χ0v) is 12.3. The van der Waals surface area contributed by atoms with Gasteiger partial charge in [-0.05, 0) is 25.3 Å². The molecule has 1 amide bonds. The van der Waals surface area contributed by atoms with Crippen LogP contribution in [-0.4, -0.2) is 36.5 Å². The van der Waals surface area contributed by atoms with Crippen molar-refractivity contribution < 1.29 is 4.79 Å². The number of rotatable bonds is 4. The molecule has 0 aromatic heterocycles. The topological polar surface area (TPSA) is 32.3 Å². The van der Waals surface area contributed by atoms with Crippen molar-refractivity contribution in [3.8, 4) is 0 Å². The molecule has 1 aliphatic heterocycles. The molecule has 3 nitrogen and oxygen atoms in total. The number of nitrogens with zero attached hydrogens (tertiary/aromatic N) is 1. The lowest BCUT2D eigenvalue weighted by Gasteiger charge is -2.31. The lowest BCUT2D eigenvalue weighted by atomic mass is 10.0. The van der Waals surface area contributed by atoms with E-state index in [1.807, 2.05) is 13.8 Å². The number of hydrogen-bond donors (Lipinski definition) is 1. The first kappa shape index (κ1) is 16.4. The van der Waals surface area contributed by atoms with Crippen LogP contribution in [0.25, 0.3) is 0 Å². The molecule has 3 heteroatoms. The van der Waals surface area contributed by atoms with Crippen LogP contribution in [0, 0.1) is 5.92 Å². The average Bonchev–Trinajstić information content (AvgIpc) is 2.31. The predicted octanol–water partition coefficient (Wildman–Crippen LogP) is 2.66. The Morgan fingerprint density at radius 1 is 1.29 bits per heavy atom. The normalized spacial score (nSPS) is 17.5. The van der Waals surface area contributed by atoms with Crippen LogP contribution in [-0.2, 0) is 4.79 Å². The second-order valence-electron chi connectivity index (χ2n) is 4.87. The Bertz CT molecular complexity index is 196. The molecule has 1 saturated heterocycles. The first-order chi connectivity index (χ1) is 8.11. The molecule has 102 valence electrons. The fourth-order valence-electron chi connectivity index (χ4n) is 2.05. The van der Waals surface area contributed by atoms with Crippen molar-refractivity contribution in [3.05, 3.63) is 0 Å². The Balaban J connectivity index is 0.00000121. The molecule has 0 radical (unpaired) electrons. The van der Waals surface area contributed by atoms with Crippen molar-refractivity contribution in [1.29, 1.82) is 0 Å². The quantitative estimate of drug-likeness (QED) is 0.822. The standard InChI is InChI=1S/C12H24N2O.C2H6/c1-4-14-7-5-11(6-8-14)13-12(15)9-10(2)3;1-2/h10-11H,4-9H2,1-3H3,(H,13,15);1-2H3. The summed E-state index contributed by atoms with van der Waals surface area (Å²) < 4.78 is 0. The van der Waals surface area contributed by atoms with Crippen LogP contribution in [0.1, 0.15) is 53.9 Å². The number of carbonyl (C=O) groups is 1. The molecule has 0 unspecified atom stereocenters. The summed E-state index contributed by atoms with van der Waals surface area (Å²) in [6.07, 6.45) is 2.88. The molecule has 0 atom stereocenters. The van der Waals surface area contributed by atoms with Crippen LogP contribution in [0.2, 0.25) is 0 Å². The van der Waals surface area contributed by atoms with E-state index in [1.54, 1.807) is 0 Å². The van der Waals surface area contributed by atoms with Crippen LogP contribution in [0.5, 0.6) is 0 Å². The van der Waals surface area contributed by atoms with Crippen LogP contribution in [0.15, 0.2) is 0 Å². The second kappa shape index (κ2) is 9.46. The van der Waals surface area contributed by atoms with Gasteiger partial charge in [0.05, 0.1) is 0 Å². The van der Waals surface area contributed by atoms with E-state index in [0.29, 0.717) is 18.4 Å². The van der Waals surface area contributed by atoms with E-state index in [0.717, 1.165) is 32.5 Å². The van der Waals surface area contributed by atoms with Gasteiger partial charge in [0.2, 0.25) is 5.91 Å². The van der Waals surface area contributed by atoms with E-state index in [9.17, 15) is 4.79 Å². The summed E-state index contributed by atoms with van der Waals surface area (Å²) in [4.78, 5) is 14.0. The molecule has 1 rings (SSSR count). The van der Waals surface area contributed by atoms with E-state index >= 15 is 0 Å². The molecule has 1 heterocycles. The van der Waals surface area contributed by atoms with Gasteiger partial charge in [0.15, 0.2) is 0 Å². The average molecular weight is 242 g/mol. The third-order valence-electron chi connectivity index (χ3n) is 2.99. The van der Waals surface area contributed by atoms with Gasteiger partial charge in [0, 0.05) is 25.6 Å². The minimum atomic E-state index is 0.222. The van der Waals surface area contributed by atoms with Crippen LogP contribution in [0.4, 0.5) is 0 Å². The highest BCUT2D eigenvalue weighted by atomic mass is 16.1. The molecule has 17 heavy (non-hydrogen) atoms. The van der Waals surface area contributed by atoms with Gasteiger partial charge >= 0.3 is 0 Å². The van der Waals surface area contributed by atoms with Crippen LogP contribution < -0.4 is 5.32 Å². The van der Waals surface area contributed by atoms with Gasteiger partial charge in [-0.15, -0.1) is 0 Å². The highest BCUT2D eigenvalue weighted by Gasteiger charge is 2.19. The number of amides is 1. The van der Waals surface area contributed by atoms with Crippen molar-refractivity contribution in [3.63, 3.8) is 0 Å². The Hall–Kier alpha value is -0.570. The maximum atomic E-state index is 11.5. The van der Waals surface area contributed by atoms with Crippen molar-refractivity contribution >= 4 is 5.91 Å². The molecule has 1 aliphatic rings. The van der Waals surface area contributed by atoms with Gasteiger partial charge in [-0.2, -0.15) is 0 Å². The summed E-state index contributed by atoms with van der Waals surface area (Å²) in [5, 5.41) is 3.13. The largest absolute Gasteiger partial charge is 0.353 e. The smallest absolute Gasteiger partial charge is 0.220 e. The molecule has 0 aromatic carbocycles. The second-order valence-corrected chi connectivity index (χ2v) is 4.87. The zero-order valence-electron chi connectivity index (χ0n) is 12.3. The zero-order chi connectivity index (χ0) is 13.3. The molecular weight excluding hydrogens is 212 g/mol. The number of piperidine rings is 1. The van der Waals surface area contributed by atoms with Gasteiger partial charge in [-0.25, -0.2) is 0 Å². The molecule has 1 N–H and O–H groups in total. The van der Waals surface area contributed by atoms with E-state index in [2.05, 4.69) is 31.0 Å².